The molecule has 4 heterocycles. The molecule has 0 unspecified atom stereocenters. The summed E-state index contributed by atoms with van der Waals surface area (Å²) in [5.41, 5.74) is 2.03. The summed E-state index contributed by atoms with van der Waals surface area (Å²) in [6, 6.07) is 6.48. The van der Waals surface area contributed by atoms with Gasteiger partial charge in [0.1, 0.15) is 21.7 Å². The number of fused-ring (bicyclic) bond motifs is 1. The number of rotatable bonds is 3. The lowest BCUT2D eigenvalue weighted by atomic mass is 10.2. The summed E-state index contributed by atoms with van der Waals surface area (Å²) in [5, 5.41) is 1.70. The number of nitrogens with one attached hydrogen (secondary N) is 1. The maximum atomic E-state index is 13.5. The SMILES string of the molecule is O=C(c1csc2c(=O)[nH]c(C3=CCCC=N3)nc12)N1CCN(c2cccc(F)c2)CC1. The number of aliphatic imine (C=N–C) groups is 1. The van der Waals surface area contributed by atoms with Gasteiger partial charge in [-0.3, -0.25) is 14.6 Å². The van der Waals surface area contributed by atoms with E-state index in [2.05, 4.69) is 19.9 Å². The third-order valence-electron chi connectivity index (χ3n) is 5.50. The van der Waals surface area contributed by atoms with E-state index in [-0.39, 0.29) is 17.3 Å². The minimum Gasteiger partial charge on any atom is -0.368 e. The van der Waals surface area contributed by atoms with E-state index in [0.717, 1.165) is 18.5 Å². The number of aromatic nitrogens is 2. The molecule has 0 saturated carbocycles. The van der Waals surface area contributed by atoms with E-state index >= 15 is 0 Å². The first-order valence-corrected chi connectivity index (χ1v) is 11.0. The first-order chi connectivity index (χ1) is 15.1. The number of H-pyrrole nitrogens is 1. The van der Waals surface area contributed by atoms with Crippen LogP contribution in [0.3, 0.4) is 0 Å². The van der Waals surface area contributed by atoms with Crippen LogP contribution in [0.5, 0.6) is 0 Å². The van der Waals surface area contributed by atoms with Crippen LogP contribution in [-0.2, 0) is 0 Å². The molecule has 7 nitrogen and oxygen atoms in total. The minimum atomic E-state index is -0.273. The Kier molecular flexibility index (Phi) is 5.11. The van der Waals surface area contributed by atoms with Crippen LogP contribution in [0.4, 0.5) is 10.1 Å². The Hall–Kier alpha value is -3.33. The van der Waals surface area contributed by atoms with Gasteiger partial charge in [-0.15, -0.1) is 11.3 Å². The maximum absolute atomic E-state index is 13.5. The fraction of sp³-hybridized carbons (Fsp3) is 0.273. The molecule has 0 spiro atoms. The average Bonchev–Trinajstić information content (AvgIpc) is 3.24. The second-order valence-corrected chi connectivity index (χ2v) is 8.36. The summed E-state index contributed by atoms with van der Waals surface area (Å²) in [5.74, 6) is -0.0302. The number of anilines is 1. The highest BCUT2D eigenvalue weighted by Crippen LogP contribution is 2.26. The van der Waals surface area contributed by atoms with Crippen molar-refractivity contribution in [3.63, 3.8) is 0 Å². The van der Waals surface area contributed by atoms with E-state index in [1.165, 1.54) is 23.5 Å². The lowest BCUT2D eigenvalue weighted by Gasteiger charge is -2.36. The number of hydrogen-bond acceptors (Lipinski definition) is 6. The molecular formula is C22H20FN5O2S. The van der Waals surface area contributed by atoms with Gasteiger partial charge < -0.3 is 14.8 Å². The fourth-order valence-corrected chi connectivity index (χ4v) is 4.75. The quantitative estimate of drug-likeness (QED) is 0.682. The minimum absolute atomic E-state index is 0.143. The van der Waals surface area contributed by atoms with Gasteiger partial charge >= 0.3 is 0 Å². The van der Waals surface area contributed by atoms with Crippen LogP contribution in [0.15, 0.2) is 45.5 Å². The van der Waals surface area contributed by atoms with Crippen LogP contribution in [0.25, 0.3) is 15.9 Å². The van der Waals surface area contributed by atoms with Crippen LogP contribution >= 0.6 is 11.3 Å². The summed E-state index contributed by atoms with van der Waals surface area (Å²) >= 11 is 1.22. The van der Waals surface area contributed by atoms with Crippen molar-refractivity contribution in [2.24, 2.45) is 4.99 Å². The number of benzene rings is 1. The van der Waals surface area contributed by atoms with E-state index in [1.54, 1.807) is 22.6 Å². The molecular weight excluding hydrogens is 417 g/mol. The molecule has 158 valence electrons. The molecule has 1 N–H and O–H groups in total. The Balaban J connectivity index is 1.39. The zero-order valence-corrected chi connectivity index (χ0v) is 17.5. The van der Waals surface area contributed by atoms with E-state index in [0.29, 0.717) is 53.5 Å². The van der Waals surface area contributed by atoms with Crippen molar-refractivity contribution in [1.29, 1.82) is 0 Å². The summed E-state index contributed by atoms with van der Waals surface area (Å²) in [6.45, 7) is 2.24. The monoisotopic (exact) mass is 437 g/mol. The van der Waals surface area contributed by atoms with Crippen LogP contribution in [-0.4, -0.2) is 53.2 Å². The normalized spacial score (nSPS) is 16.6. The Morgan fingerprint density at radius 3 is 2.74 bits per heavy atom. The zero-order valence-electron chi connectivity index (χ0n) is 16.7. The molecule has 1 amide bonds. The largest absolute Gasteiger partial charge is 0.368 e. The van der Waals surface area contributed by atoms with E-state index in [4.69, 9.17) is 0 Å². The Morgan fingerprint density at radius 2 is 2.00 bits per heavy atom. The first kappa shape index (κ1) is 19.6. The standard InChI is InChI=1S/C22H20FN5O2S/c23-14-4-3-5-15(12-14)27-8-10-28(11-9-27)22(30)16-13-31-19-18(16)25-20(26-21(19)29)17-6-1-2-7-24-17/h3-7,12-13H,1-2,8-11H2,(H,25,26,29). The molecule has 1 fully saturated rings. The van der Waals surface area contributed by atoms with Crippen molar-refractivity contribution in [3.8, 4) is 0 Å². The van der Waals surface area contributed by atoms with Crippen LogP contribution in [0, 0.1) is 5.82 Å². The molecule has 0 aliphatic carbocycles. The lowest BCUT2D eigenvalue weighted by molar-refractivity contribution is 0.0749. The van der Waals surface area contributed by atoms with Crippen LogP contribution in [0.2, 0.25) is 0 Å². The number of carbonyl (C=O) groups excluding carboxylic acids is 1. The van der Waals surface area contributed by atoms with Crippen LogP contribution < -0.4 is 10.5 Å². The highest BCUT2D eigenvalue weighted by atomic mass is 32.1. The molecule has 31 heavy (non-hydrogen) atoms. The number of thiophene rings is 1. The molecule has 0 atom stereocenters. The molecule has 0 radical (unpaired) electrons. The van der Waals surface area contributed by atoms with Crippen molar-refractivity contribution in [2.75, 3.05) is 31.1 Å². The zero-order chi connectivity index (χ0) is 21.4. The second kappa shape index (κ2) is 8.07. The lowest BCUT2D eigenvalue weighted by Crippen LogP contribution is -2.48. The molecule has 1 saturated heterocycles. The fourth-order valence-electron chi connectivity index (χ4n) is 3.88. The molecule has 2 aromatic heterocycles. The van der Waals surface area contributed by atoms with E-state index in [1.807, 2.05) is 12.1 Å². The number of allylic oxidation sites excluding steroid dienone is 1. The number of carbonyl (C=O) groups is 1. The van der Waals surface area contributed by atoms with Gasteiger partial charge in [0, 0.05) is 43.5 Å². The molecule has 3 aromatic rings. The highest BCUT2D eigenvalue weighted by molar-refractivity contribution is 7.17. The number of nitrogens with zero attached hydrogens (tertiary/aromatic N) is 4. The van der Waals surface area contributed by atoms with Gasteiger partial charge in [-0.25, -0.2) is 9.37 Å². The third-order valence-corrected chi connectivity index (χ3v) is 6.47. The summed E-state index contributed by atoms with van der Waals surface area (Å²) in [4.78, 5) is 41.3. The molecule has 5 rings (SSSR count). The van der Waals surface area contributed by atoms with Gasteiger partial charge in [0.15, 0.2) is 5.82 Å². The molecule has 1 aromatic carbocycles. The first-order valence-electron chi connectivity index (χ1n) is 10.1. The predicted octanol–water partition coefficient (Wildman–Crippen LogP) is 3.29. The van der Waals surface area contributed by atoms with Crippen molar-refractivity contribution in [1.82, 2.24) is 14.9 Å². The number of piperazine rings is 1. The number of hydrogen-bond donors (Lipinski definition) is 1. The summed E-state index contributed by atoms with van der Waals surface area (Å²) < 4.78 is 14.0. The second-order valence-electron chi connectivity index (χ2n) is 7.48. The van der Waals surface area contributed by atoms with Crippen molar-refractivity contribution < 1.29 is 9.18 Å². The summed E-state index contributed by atoms with van der Waals surface area (Å²) in [7, 11) is 0. The number of amides is 1. The molecule has 9 heteroatoms. The van der Waals surface area contributed by atoms with Gasteiger partial charge in [-0.05, 0) is 31.0 Å². The molecule has 0 bridgehead atoms. The van der Waals surface area contributed by atoms with Crippen molar-refractivity contribution >= 4 is 45.1 Å². The van der Waals surface area contributed by atoms with Gasteiger partial charge in [-0.1, -0.05) is 12.1 Å². The van der Waals surface area contributed by atoms with Crippen LogP contribution in [0.1, 0.15) is 29.0 Å². The van der Waals surface area contributed by atoms with E-state index < -0.39 is 0 Å². The third kappa shape index (κ3) is 3.76. The van der Waals surface area contributed by atoms with Crippen molar-refractivity contribution in [3.05, 3.63) is 63.3 Å². The van der Waals surface area contributed by atoms with Gasteiger partial charge in [-0.2, -0.15) is 0 Å². The number of aromatic amines is 1. The topological polar surface area (TPSA) is 81.7 Å². The maximum Gasteiger partial charge on any atom is 0.269 e. The Morgan fingerprint density at radius 1 is 1.16 bits per heavy atom. The Labute approximate surface area is 181 Å². The van der Waals surface area contributed by atoms with Gasteiger partial charge in [0.2, 0.25) is 0 Å². The summed E-state index contributed by atoms with van der Waals surface area (Å²) in [6.07, 6.45) is 5.44. The van der Waals surface area contributed by atoms with Crippen molar-refractivity contribution in [2.45, 2.75) is 12.8 Å². The Bertz CT molecular complexity index is 1270. The smallest absolute Gasteiger partial charge is 0.269 e. The van der Waals surface area contributed by atoms with Gasteiger partial charge in [0.05, 0.1) is 5.56 Å². The number of halogens is 1. The van der Waals surface area contributed by atoms with Gasteiger partial charge in [0.25, 0.3) is 11.5 Å². The highest BCUT2D eigenvalue weighted by Gasteiger charge is 2.26. The predicted molar refractivity (Wildman–Crippen MR) is 120 cm³/mol. The molecule has 2 aliphatic rings. The average molecular weight is 438 g/mol. The van der Waals surface area contributed by atoms with E-state index in [9.17, 15) is 14.0 Å². The molecule has 2 aliphatic heterocycles.